The maximum atomic E-state index is 13.9. The number of pyridine rings is 1. The average molecular weight is 407 g/mol. The smallest absolute Gasteiger partial charge is 0.211 e. The van der Waals surface area contributed by atoms with Gasteiger partial charge in [-0.3, -0.25) is 4.79 Å². The number of rotatable bonds is 4. The fourth-order valence-electron chi connectivity index (χ4n) is 3.40. The Morgan fingerprint density at radius 1 is 0.931 bits per heavy atom. The summed E-state index contributed by atoms with van der Waals surface area (Å²) in [5.74, 6) is -0.592. The van der Waals surface area contributed by atoms with E-state index in [-0.39, 0.29) is 15.2 Å². The van der Waals surface area contributed by atoms with Crippen molar-refractivity contribution in [3.05, 3.63) is 106 Å². The Kier molecular flexibility index (Phi) is 4.80. The van der Waals surface area contributed by atoms with Gasteiger partial charge in [0.2, 0.25) is 15.3 Å². The molecule has 3 aromatic carbocycles. The first-order valence-corrected chi connectivity index (χ1v) is 10.5. The van der Waals surface area contributed by atoms with Crippen LogP contribution in [-0.4, -0.2) is 13.0 Å². The van der Waals surface area contributed by atoms with Gasteiger partial charge in [0.15, 0.2) is 0 Å². The van der Waals surface area contributed by atoms with E-state index in [1.54, 1.807) is 22.8 Å². The van der Waals surface area contributed by atoms with Gasteiger partial charge in [-0.15, -0.1) is 0 Å². The number of halogens is 1. The summed E-state index contributed by atoms with van der Waals surface area (Å²) >= 11 is 0. The number of benzene rings is 3. The van der Waals surface area contributed by atoms with Crippen LogP contribution in [0, 0.1) is 12.7 Å². The molecule has 0 saturated carbocycles. The number of aryl methyl sites for hydroxylation is 1. The number of hydrogen-bond acceptors (Lipinski definition) is 3. The highest BCUT2D eigenvalue weighted by Crippen LogP contribution is 2.22. The minimum Gasteiger partial charge on any atom is -0.341 e. The van der Waals surface area contributed by atoms with Crippen LogP contribution >= 0.6 is 0 Å². The molecule has 29 heavy (non-hydrogen) atoms. The van der Waals surface area contributed by atoms with Crippen LogP contribution in [0.5, 0.6) is 0 Å². The van der Waals surface area contributed by atoms with Gasteiger partial charge in [-0.1, -0.05) is 48.0 Å². The lowest BCUT2D eigenvalue weighted by molar-refractivity contribution is 0.593. The molecule has 4 rings (SSSR count). The molecule has 0 saturated heterocycles. The van der Waals surface area contributed by atoms with Crippen molar-refractivity contribution < 1.29 is 12.8 Å². The Balaban J connectivity index is 1.99. The second kappa shape index (κ2) is 7.29. The molecule has 0 N–H and O–H groups in total. The molecule has 0 aliphatic heterocycles. The first-order valence-electron chi connectivity index (χ1n) is 9.05. The summed E-state index contributed by atoms with van der Waals surface area (Å²) in [6, 6.07) is 19.4. The predicted octanol–water partition coefficient (Wildman–Crippen LogP) is 4.33. The molecule has 0 aliphatic rings. The summed E-state index contributed by atoms with van der Waals surface area (Å²) in [7, 11) is -4.05. The van der Waals surface area contributed by atoms with Crippen LogP contribution in [-0.2, 0) is 16.4 Å². The molecule has 0 atom stereocenters. The standard InChI is InChI=1S/C23H18FNO3S/c1-16-6-5-7-17(12-16)14-25-15-22(29(27,28)19-8-3-2-4-9-19)23(26)20-13-18(24)10-11-21(20)25/h2-13,15H,14H2,1H3. The zero-order valence-electron chi connectivity index (χ0n) is 15.7. The van der Waals surface area contributed by atoms with Gasteiger partial charge in [-0.2, -0.15) is 0 Å². The molecule has 0 unspecified atom stereocenters. The van der Waals surface area contributed by atoms with Crippen molar-refractivity contribution in [3.63, 3.8) is 0 Å². The lowest BCUT2D eigenvalue weighted by atomic mass is 10.1. The van der Waals surface area contributed by atoms with E-state index in [1.807, 2.05) is 31.2 Å². The second-order valence-corrected chi connectivity index (χ2v) is 8.84. The molecule has 0 aliphatic carbocycles. The van der Waals surface area contributed by atoms with E-state index in [2.05, 4.69) is 0 Å². The molecule has 0 radical (unpaired) electrons. The van der Waals surface area contributed by atoms with Gasteiger partial charge < -0.3 is 4.57 Å². The van der Waals surface area contributed by atoms with Crippen molar-refractivity contribution >= 4 is 20.7 Å². The van der Waals surface area contributed by atoms with E-state index in [0.717, 1.165) is 17.2 Å². The lowest BCUT2D eigenvalue weighted by Crippen LogP contribution is -2.19. The highest BCUT2D eigenvalue weighted by atomic mass is 32.2. The Labute approximate surface area is 167 Å². The van der Waals surface area contributed by atoms with Crippen LogP contribution < -0.4 is 5.43 Å². The monoisotopic (exact) mass is 407 g/mol. The summed E-state index contributed by atoms with van der Waals surface area (Å²) in [6.07, 6.45) is 1.35. The van der Waals surface area contributed by atoms with Crippen LogP contribution in [0.2, 0.25) is 0 Å². The van der Waals surface area contributed by atoms with Crippen molar-refractivity contribution in [2.24, 2.45) is 0 Å². The Morgan fingerprint density at radius 3 is 2.41 bits per heavy atom. The minimum atomic E-state index is -4.05. The minimum absolute atomic E-state index is 0.0231. The summed E-state index contributed by atoms with van der Waals surface area (Å²) < 4.78 is 41.8. The van der Waals surface area contributed by atoms with Gasteiger partial charge in [0.1, 0.15) is 10.7 Å². The Bertz CT molecular complexity index is 1380. The van der Waals surface area contributed by atoms with E-state index in [1.165, 1.54) is 30.5 Å². The molecule has 0 spiro atoms. The molecule has 0 bridgehead atoms. The van der Waals surface area contributed by atoms with Crippen molar-refractivity contribution in [3.8, 4) is 0 Å². The molecular formula is C23H18FNO3S. The van der Waals surface area contributed by atoms with Crippen LogP contribution in [0.3, 0.4) is 0 Å². The normalized spacial score (nSPS) is 11.7. The van der Waals surface area contributed by atoms with Gasteiger partial charge in [0, 0.05) is 18.1 Å². The van der Waals surface area contributed by atoms with Crippen LogP contribution in [0.4, 0.5) is 4.39 Å². The van der Waals surface area contributed by atoms with E-state index >= 15 is 0 Å². The quantitative estimate of drug-likeness (QED) is 0.506. The van der Waals surface area contributed by atoms with Gasteiger partial charge in [0.05, 0.1) is 10.4 Å². The maximum absolute atomic E-state index is 13.9. The first kappa shape index (κ1) is 19.1. The first-order chi connectivity index (χ1) is 13.9. The predicted molar refractivity (Wildman–Crippen MR) is 110 cm³/mol. The van der Waals surface area contributed by atoms with E-state index in [4.69, 9.17) is 0 Å². The largest absolute Gasteiger partial charge is 0.341 e. The number of hydrogen-bond donors (Lipinski definition) is 0. The summed E-state index contributed by atoms with van der Waals surface area (Å²) in [5, 5.41) is 0.0367. The topological polar surface area (TPSA) is 56.1 Å². The molecule has 4 nitrogen and oxygen atoms in total. The highest BCUT2D eigenvalue weighted by molar-refractivity contribution is 7.91. The zero-order chi connectivity index (χ0) is 20.6. The van der Waals surface area contributed by atoms with Crippen molar-refractivity contribution in [2.75, 3.05) is 0 Å². The van der Waals surface area contributed by atoms with Crippen molar-refractivity contribution in [1.82, 2.24) is 4.57 Å². The maximum Gasteiger partial charge on any atom is 0.211 e. The van der Waals surface area contributed by atoms with Crippen LogP contribution in [0.1, 0.15) is 11.1 Å². The molecule has 1 heterocycles. The lowest BCUT2D eigenvalue weighted by Gasteiger charge is -2.14. The molecule has 0 fully saturated rings. The third-order valence-electron chi connectivity index (χ3n) is 4.79. The SMILES string of the molecule is Cc1cccc(Cn2cc(S(=O)(=O)c3ccccc3)c(=O)c3cc(F)ccc32)c1. The molecule has 0 amide bonds. The number of fused-ring (bicyclic) bond motifs is 1. The molecule has 4 aromatic rings. The second-order valence-electron chi connectivity index (χ2n) is 6.92. The van der Waals surface area contributed by atoms with Gasteiger partial charge in [-0.25, -0.2) is 12.8 Å². The van der Waals surface area contributed by atoms with E-state index in [0.29, 0.717) is 12.1 Å². The summed E-state index contributed by atoms with van der Waals surface area (Å²) in [5.41, 5.74) is 1.78. The molecule has 146 valence electrons. The fourth-order valence-corrected chi connectivity index (χ4v) is 4.79. The average Bonchev–Trinajstić information content (AvgIpc) is 2.70. The number of nitrogens with zero attached hydrogens (tertiary/aromatic N) is 1. The Hall–Kier alpha value is -3.25. The van der Waals surface area contributed by atoms with Crippen LogP contribution in [0.25, 0.3) is 10.9 Å². The Morgan fingerprint density at radius 2 is 1.69 bits per heavy atom. The van der Waals surface area contributed by atoms with Crippen molar-refractivity contribution in [1.29, 1.82) is 0 Å². The van der Waals surface area contributed by atoms with E-state index < -0.39 is 21.1 Å². The molecule has 6 heteroatoms. The number of sulfone groups is 1. The summed E-state index contributed by atoms with van der Waals surface area (Å²) in [4.78, 5) is 12.7. The third-order valence-corrected chi connectivity index (χ3v) is 6.55. The highest BCUT2D eigenvalue weighted by Gasteiger charge is 2.24. The number of aromatic nitrogens is 1. The zero-order valence-corrected chi connectivity index (χ0v) is 16.5. The fraction of sp³-hybridized carbons (Fsp3) is 0.0870. The summed E-state index contributed by atoms with van der Waals surface area (Å²) in [6.45, 7) is 2.31. The molecule has 1 aromatic heterocycles. The van der Waals surface area contributed by atoms with Crippen LogP contribution in [0.15, 0.2) is 93.6 Å². The van der Waals surface area contributed by atoms with Gasteiger partial charge in [0.25, 0.3) is 0 Å². The van der Waals surface area contributed by atoms with E-state index in [9.17, 15) is 17.6 Å². The van der Waals surface area contributed by atoms with Gasteiger partial charge in [-0.05, 0) is 42.8 Å². The van der Waals surface area contributed by atoms with Crippen molar-refractivity contribution in [2.45, 2.75) is 23.3 Å². The molecular weight excluding hydrogens is 389 g/mol. The van der Waals surface area contributed by atoms with Gasteiger partial charge >= 0.3 is 0 Å². The third kappa shape index (κ3) is 3.59.